The predicted molar refractivity (Wildman–Crippen MR) is 28.1 cm³/mol. The van der Waals surface area contributed by atoms with E-state index in [1.807, 2.05) is 0 Å². The fourth-order valence-corrected chi connectivity index (χ4v) is 0. The second-order valence-electron chi connectivity index (χ2n) is 0.448. The molecule has 0 rings (SSSR count). The Labute approximate surface area is 81.4 Å². The van der Waals surface area contributed by atoms with Crippen molar-refractivity contribution in [2.24, 2.45) is 0 Å². The summed E-state index contributed by atoms with van der Waals surface area (Å²) in [7, 11) is -4.67. The third kappa shape index (κ3) is 156. The first-order chi connectivity index (χ1) is 2.00. The summed E-state index contributed by atoms with van der Waals surface area (Å²) in [5, 5.41) is 0. The van der Waals surface area contributed by atoms with E-state index in [9.17, 15) is 0 Å². The average Bonchev–Trinajstić information content (AvgIpc) is 0.722. The summed E-state index contributed by atoms with van der Waals surface area (Å²) in [6.07, 6.45) is 0. The molecule has 2 N–H and O–H groups in total. The van der Waals surface area contributed by atoms with E-state index in [1.54, 1.807) is 0 Å². The molecule has 0 saturated carbocycles. The van der Waals surface area contributed by atoms with Gasteiger partial charge in [-0.25, -0.2) is 0 Å². The number of hydrogen-bond donors (Lipinski definition) is 2. The topological polar surface area (TPSA) is 74.6 Å². The first kappa shape index (κ1) is 22.8. The fraction of sp³-hybridized carbons (Fsp3) is 1.00. The van der Waals surface area contributed by atoms with Crippen molar-refractivity contribution in [3.63, 3.8) is 0 Å². The summed E-state index contributed by atoms with van der Waals surface area (Å²) in [6.45, 7) is 0. The van der Waals surface area contributed by atoms with E-state index in [1.165, 1.54) is 0 Å². The minimum atomic E-state index is -4.67. The van der Waals surface area contributed by atoms with Gasteiger partial charge in [-0.05, 0) is 0 Å². The molecule has 0 aliphatic rings. The molecule has 0 heterocycles. The van der Waals surface area contributed by atoms with E-state index in [4.69, 9.17) is 17.5 Å². The van der Waals surface area contributed by atoms with Crippen molar-refractivity contribution in [2.75, 3.05) is 0 Å². The first-order valence-electron chi connectivity index (χ1n) is 0.698. The van der Waals surface area contributed by atoms with Crippen LogP contribution in [0.2, 0.25) is 0 Å². The number of hydrogen-bond acceptors (Lipinski definition) is 2. The normalized spacial score (nSPS) is 7.25. The average molecular weight is 194 g/mol. The maximum atomic E-state index is 8.74. The van der Waals surface area contributed by atoms with Crippen molar-refractivity contribution in [3.8, 4) is 0 Å². The summed E-state index contributed by atoms with van der Waals surface area (Å²) in [6, 6.07) is 0. The second kappa shape index (κ2) is 8.39. The molecule has 50 valence electrons. The molecule has 0 unspecified atom stereocenters. The van der Waals surface area contributed by atoms with E-state index in [0.29, 0.717) is 0 Å². The van der Waals surface area contributed by atoms with Crippen LogP contribution in [0.15, 0.2) is 0 Å². The van der Waals surface area contributed by atoms with Gasteiger partial charge in [0.05, 0.1) is 0 Å². The van der Waals surface area contributed by atoms with Crippen LogP contribution in [-0.4, -0.2) is 47.1 Å². The summed E-state index contributed by atoms with van der Waals surface area (Å²) >= 11 is 0. The van der Waals surface area contributed by atoms with E-state index < -0.39 is 10.4 Å². The van der Waals surface area contributed by atoms with Gasteiger partial charge in [0, 0.05) is 17.1 Å². The Balaban J connectivity index is -0.0000000267. The van der Waals surface area contributed by atoms with Crippen LogP contribution >= 0.6 is 0 Å². The van der Waals surface area contributed by atoms with Gasteiger partial charge in [-0.2, -0.15) is 8.42 Å². The molecule has 7 heteroatoms. The summed E-state index contributed by atoms with van der Waals surface area (Å²) in [5.74, 6) is 0. The van der Waals surface area contributed by atoms with Crippen molar-refractivity contribution >= 4 is 40.0 Å². The van der Waals surface area contributed by atoms with Crippen LogP contribution in [0.25, 0.3) is 0 Å². The molecule has 0 spiro atoms. The zero-order valence-electron chi connectivity index (χ0n) is 2.47. The van der Waals surface area contributed by atoms with Crippen LogP contribution in [0, 0.1) is 0 Å². The molecule has 0 fully saturated rings. The van der Waals surface area contributed by atoms with Gasteiger partial charge < -0.3 is 0 Å². The molecular weight excluding hydrogens is 187 g/mol. The van der Waals surface area contributed by atoms with Crippen LogP contribution < -0.4 is 0 Å². The van der Waals surface area contributed by atoms with Crippen LogP contribution in [0.5, 0.6) is 0 Å². The predicted octanol–water partition coefficient (Wildman–Crippen LogP) is -0.668. The first-order valence-corrected chi connectivity index (χ1v) is 2.10. The van der Waals surface area contributed by atoms with Gasteiger partial charge in [-0.1, -0.05) is 7.43 Å². The van der Waals surface area contributed by atoms with E-state index in [-0.39, 0.29) is 54.1 Å². The molecule has 0 aliphatic carbocycles. The third-order valence-corrected chi connectivity index (χ3v) is 0. The van der Waals surface area contributed by atoms with Crippen molar-refractivity contribution in [1.82, 2.24) is 0 Å². The van der Waals surface area contributed by atoms with Crippen LogP contribution in [0.4, 0.5) is 0 Å². The van der Waals surface area contributed by atoms with Crippen LogP contribution in [-0.2, 0) is 27.5 Å². The summed E-state index contributed by atoms with van der Waals surface area (Å²) in [5.41, 5.74) is 0. The Kier molecular flexibility index (Phi) is 23.9. The zero-order chi connectivity index (χ0) is 4.50. The second-order valence-corrected chi connectivity index (χ2v) is 1.34. The van der Waals surface area contributed by atoms with Gasteiger partial charge in [0.2, 0.25) is 0 Å². The van der Waals surface area contributed by atoms with Crippen molar-refractivity contribution in [2.45, 2.75) is 7.43 Å². The van der Waals surface area contributed by atoms with Crippen molar-refractivity contribution in [3.05, 3.63) is 0 Å². The summed E-state index contributed by atoms with van der Waals surface area (Å²) < 4.78 is 31.6. The van der Waals surface area contributed by atoms with E-state index in [0.717, 1.165) is 0 Å². The Hall–Kier alpha value is 1.39. The Morgan fingerprint density at radius 1 is 1.12 bits per heavy atom. The molecule has 0 aromatic heterocycles. The molecule has 0 saturated heterocycles. The molecule has 8 heavy (non-hydrogen) atoms. The third-order valence-electron chi connectivity index (χ3n) is 0. The Morgan fingerprint density at radius 3 is 1.12 bits per heavy atom. The quantitative estimate of drug-likeness (QED) is 0.396. The van der Waals surface area contributed by atoms with Crippen LogP contribution in [0.3, 0.4) is 0 Å². The molecule has 0 aliphatic heterocycles. The minimum absolute atomic E-state index is 0. The van der Waals surface area contributed by atoms with E-state index in [2.05, 4.69) is 0 Å². The molecule has 0 aromatic carbocycles. The molecule has 0 atom stereocenters. The Bertz CT molecular complexity index is 99.2. The van der Waals surface area contributed by atoms with Gasteiger partial charge in [0.1, 0.15) is 0 Å². The van der Waals surface area contributed by atoms with Gasteiger partial charge >= 0.3 is 40.0 Å². The van der Waals surface area contributed by atoms with E-state index >= 15 is 0 Å². The SMILES string of the molecule is C.O=S(=O)(O)O.[Fe].[NaH]. The maximum absolute atomic E-state index is 8.74. The Morgan fingerprint density at radius 2 is 1.12 bits per heavy atom. The zero-order valence-corrected chi connectivity index (χ0v) is 4.39. The molecule has 4 nitrogen and oxygen atoms in total. The molecule has 0 radical (unpaired) electrons. The van der Waals surface area contributed by atoms with Crippen molar-refractivity contribution in [1.29, 1.82) is 0 Å². The summed E-state index contributed by atoms with van der Waals surface area (Å²) in [4.78, 5) is 0. The van der Waals surface area contributed by atoms with Gasteiger partial charge in [-0.3, -0.25) is 9.11 Å². The number of rotatable bonds is 0. The van der Waals surface area contributed by atoms with Gasteiger partial charge in [0.15, 0.2) is 0 Å². The molecule has 0 aromatic rings. The van der Waals surface area contributed by atoms with Crippen molar-refractivity contribution < 1.29 is 34.6 Å². The standard InChI is InChI=1S/CH4.Fe.Na.H2O4S.H/c;;;1-5(2,3)4;/h1H4;;;(H2,1,2,3,4);. The van der Waals surface area contributed by atoms with Gasteiger partial charge in [0.25, 0.3) is 0 Å². The molecule has 0 bridgehead atoms. The van der Waals surface area contributed by atoms with Gasteiger partial charge in [-0.15, -0.1) is 0 Å². The monoisotopic (exact) mass is 194 g/mol. The van der Waals surface area contributed by atoms with Crippen LogP contribution in [0.1, 0.15) is 7.43 Å². The molecule has 0 amide bonds. The molecular formula is CH7FeNaO4S. The fourth-order valence-electron chi connectivity index (χ4n) is 0.